The van der Waals surface area contributed by atoms with Gasteiger partial charge >= 0.3 is 0 Å². The number of ether oxygens (including phenoxy) is 2. The van der Waals surface area contributed by atoms with Crippen LogP contribution >= 0.6 is 11.6 Å². The molecule has 0 unspecified atom stereocenters. The van der Waals surface area contributed by atoms with Crippen LogP contribution in [0, 0.1) is 13.8 Å². The van der Waals surface area contributed by atoms with Crippen molar-refractivity contribution in [3.05, 3.63) is 58.6 Å². The van der Waals surface area contributed by atoms with Crippen LogP contribution in [0.4, 0.5) is 0 Å². The summed E-state index contributed by atoms with van der Waals surface area (Å²) in [7, 11) is 0. The van der Waals surface area contributed by atoms with Gasteiger partial charge in [-0.05, 0) is 56.7 Å². The van der Waals surface area contributed by atoms with E-state index in [0.29, 0.717) is 17.4 Å². The normalized spacial score (nSPS) is 11.7. The standard InChI is InChI=1S/C19H22ClNO3/c1-13-4-6-16(7-5-13)23-11-15(3)21-19(22)12-24-17-8-9-18(20)14(2)10-17/h4-10,15H,11-12H2,1-3H3,(H,21,22)/t15-/m0/s1. The first-order valence-electron chi connectivity index (χ1n) is 7.82. The van der Waals surface area contributed by atoms with Crippen molar-refractivity contribution < 1.29 is 14.3 Å². The Hall–Kier alpha value is -2.20. The first-order valence-corrected chi connectivity index (χ1v) is 8.19. The first kappa shape index (κ1) is 18.1. The summed E-state index contributed by atoms with van der Waals surface area (Å²) >= 11 is 5.96. The Morgan fingerprint density at radius 2 is 1.75 bits per heavy atom. The van der Waals surface area contributed by atoms with Gasteiger partial charge in [-0.1, -0.05) is 29.3 Å². The topological polar surface area (TPSA) is 47.6 Å². The van der Waals surface area contributed by atoms with Crippen LogP contribution < -0.4 is 14.8 Å². The Morgan fingerprint density at radius 3 is 2.42 bits per heavy atom. The maximum Gasteiger partial charge on any atom is 0.258 e. The number of halogens is 1. The van der Waals surface area contributed by atoms with Crippen LogP contribution in [0.2, 0.25) is 5.02 Å². The molecule has 5 heteroatoms. The molecule has 2 rings (SSSR count). The predicted octanol–water partition coefficient (Wildman–Crippen LogP) is 3.92. The Labute approximate surface area is 147 Å². The zero-order valence-corrected chi connectivity index (χ0v) is 14.9. The highest BCUT2D eigenvalue weighted by atomic mass is 35.5. The zero-order chi connectivity index (χ0) is 17.5. The van der Waals surface area contributed by atoms with Crippen LogP contribution in [-0.4, -0.2) is 25.2 Å². The smallest absolute Gasteiger partial charge is 0.258 e. The average Bonchev–Trinajstić information content (AvgIpc) is 2.55. The fourth-order valence-electron chi connectivity index (χ4n) is 2.07. The second kappa shape index (κ2) is 8.60. The molecule has 0 aromatic heterocycles. The summed E-state index contributed by atoms with van der Waals surface area (Å²) < 4.78 is 11.1. The van der Waals surface area contributed by atoms with Crippen LogP contribution in [0.3, 0.4) is 0 Å². The maximum absolute atomic E-state index is 11.9. The van der Waals surface area contributed by atoms with E-state index in [9.17, 15) is 4.79 Å². The van der Waals surface area contributed by atoms with E-state index >= 15 is 0 Å². The molecule has 0 radical (unpaired) electrons. The van der Waals surface area contributed by atoms with Gasteiger partial charge < -0.3 is 14.8 Å². The molecular formula is C19H22ClNO3. The van der Waals surface area contributed by atoms with Gasteiger partial charge in [0.05, 0.1) is 6.04 Å². The predicted molar refractivity (Wildman–Crippen MR) is 96.0 cm³/mol. The van der Waals surface area contributed by atoms with E-state index in [4.69, 9.17) is 21.1 Å². The summed E-state index contributed by atoms with van der Waals surface area (Å²) in [6.07, 6.45) is 0. The molecular weight excluding hydrogens is 326 g/mol. The molecule has 2 aromatic rings. The second-order valence-corrected chi connectivity index (χ2v) is 6.20. The lowest BCUT2D eigenvalue weighted by Gasteiger charge is -2.15. The van der Waals surface area contributed by atoms with E-state index in [1.54, 1.807) is 18.2 Å². The van der Waals surface area contributed by atoms with Gasteiger partial charge in [0.2, 0.25) is 0 Å². The summed E-state index contributed by atoms with van der Waals surface area (Å²) in [5, 5.41) is 3.52. The van der Waals surface area contributed by atoms with Gasteiger partial charge in [0.15, 0.2) is 6.61 Å². The number of amides is 1. The van der Waals surface area contributed by atoms with Crippen molar-refractivity contribution >= 4 is 17.5 Å². The lowest BCUT2D eigenvalue weighted by Crippen LogP contribution is -2.39. The third kappa shape index (κ3) is 5.78. The zero-order valence-electron chi connectivity index (χ0n) is 14.1. The van der Waals surface area contributed by atoms with E-state index in [2.05, 4.69) is 5.32 Å². The Bertz CT molecular complexity index is 686. The van der Waals surface area contributed by atoms with E-state index in [1.165, 1.54) is 5.56 Å². The molecule has 0 saturated heterocycles. The SMILES string of the molecule is Cc1ccc(OC[C@H](C)NC(=O)COc2ccc(Cl)c(C)c2)cc1. The van der Waals surface area contributed by atoms with Crippen molar-refractivity contribution in [2.75, 3.05) is 13.2 Å². The maximum atomic E-state index is 11.9. The first-order chi connectivity index (χ1) is 11.4. The number of aryl methyl sites for hydroxylation is 2. The highest BCUT2D eigenvalue weighted by Crippen LogP contribution is 2.20. The molecule has 0 fully saturated rings. The quantitative estimate of drug-likeness (QED) is 0.825. The number of hydrogen-bond acceptors (Lipinski definition) is 3. The van der Waals surface area contributed by atoms with Crippen molar-refractivity contribution in [2.24, 2.45) is 0 Å². The number of benzene rings is 2. The summed E-state index contributed by atoms with van der Waals surface area (Å²) in [4.78, 5) is 11.9. The lowest BCUT2D eigenvalue weighted by molar-refractivity contribution is -0.123. The number of carbonyl (C=O) groups excluding carboxylic acids is 1. The fraction of sp³-hybridized carbons (Fsp3) is 0.316. The molecule has 0 bridgehead atoms. The van der Waals surface area contributed by atoms with Crippen LogP contribution in [0.15, 0.2) is 42.5 Å². The van der Waals surface area contributed by atoms with E-state index in [1.807, 2.05) is 45.0 Å². The van der Waals surface area contributed by atoms with Gasteiger partial charge in [0.25, 0.3) is 5.91 Å². The summed E-state index contributed by atoms with van der Waals surface area (Å²) in [6.45, 7) is 6.15. The molecule has 0 heterocycles. The molecule has 4 nitrogen and oxygen atoms in total. The highest BCUT2D eigenvalue weighted by molar-refractivity contribution is 6.31. The molecule has 2 aromatic carbocycles. The summed E-state index contributed by atoms with van der Waals surface area (Å²) in [5.41, 5.74) is 2.09. The van der Waals surface area contributed by atoms with Gasteiger partial charge in [-0.25, -0.2) is 0 Å². The van der Waals surface area contributed by atoms with Crippen LogP contribution in [-0.2, 0) is 4.79 Å². The molecule has 1 N–H and O–H groups in total. The minimum atomic E-state index is -0.192. The van der Waals surface area contributed by atoms with Crippen molar-refractivity contribution in [1.82, 2.24) is 5.32 Å². The number of nitrogens with one attached hydrogen (secondary N) is 1. The minimum absolute atomic E-state index is 0.0457. The van der Waals surface area contributed by atoms with E-state index < -0.39 is 0 Å². The number of rotatable bonds is 7. The molecule has 0 aliphatic carbocycles. The van der Waals surface area contributed by atoms with Gasteiger partial charge in [-0.3, -0.25) is 4.79 Å². The fourth-order valence-corrected chi connectivity index (χ4v) is 2.19. The van der Waals surface area contributed by atoms with Crippen molar-refractivity contribution in [2.45, 2.75) is 26.8 Å². The molecule has 0 spiro atoms. The molecule has 1 atom stereocenters. The van der Waals surface area contributed by atoms with Crippen molar-refractivity contribution in [3.63, 3.8) is 0 Å². The van der Waals surface area contributed by atoms with Gasteiger partial charge in [-0.15, -0.1) is 0 Å². The van der Waals surface area contributed by atoms with Crippen LogP contribution in [0.1, 0.15) is 18.1 Å². The molecule has 1 amide bonds. The lowest BCUT2D eigenvalue weighted by atomic mass is 10.2. The Morgan fingerprint density at radius 1 is 1.08 bits per heavy atom. The monoisotopic (exact) mass is 347 g/mol. The molecule has 0 aliphatic rings. The van der Waals surface area contributed by atoms with Gasteiger partial charge in [-0.2, -0.15) is 0 Å². The van der Waals surface area contributed by atoms with Crippen LogP contribution in [0.25, 0.3) is 0 Å². The second-order valence-electron chi connectivity index (χ2n) is 5.79. The molecule has 128 valence electrons. The Kier molecular flexibility index (Phi) is 6.50. The molecule has 0 saturated carbocycles. The highest BCUT2D eigenvalue weighted by Gasteiger charge is 2.09. The average molecular weight is 348 g/mol. The summed E-state index contributed by atoms with van der Waals surface area (Å²) in [5.74, 6) is 1.22. The third-order valence-electron chi connectivity index (χ3n) is 3.43. The van der Waals surface area contributed by atoms with Crippen molar-refractivity contribution in [3.8, 4) is 11.5 Å². The van der Waals surface area contributed by atoms with Crippen LogP contribution in [0.5, 0.6) is 11.5 Å². The van der Waals surface area contributed by atoms with E-state index in [0.717, 1.165) is 11.3 Å². The number of carbonyl (C=O) groups is 1. The third-order valence-corrected chi connectivity index (χ3v) is 3.85. The van der Waals surface area contributed by atoms with Gasteiger partial charge in [0.1, 0.15) is 18.1 Å². The minimum Gasteiger partial charge on any atom is -0.491 e. The largest absolute Gasteiger partial charge is 0.491 e. The molecule has 0 aliphatic heterocycles. The van der Waals surface area contributed by atoms with Crippen molar-refractivity contribution in [1.29, 1.82) is 0 Å². The van der Waals surface area contributed by atoms with E-state index in [-0.39, 0.29) is 18.6 Å². The molecule has 24 heavy (non-hydrogen) atoms. The summed E-state index contributed by atoms with van der Waals surface area (Å²) in [6, 6.07) is 13.0. The Balaban J connectivity index is 1.72. The number of hydrogen-bond donors (Lipinski definition) is 1. The van der Waals surface area contributed by atoms with Gasteiger partial charge in [0, 0.05) is 5.02 Å².